The van der Waals surface area contributed by atoms with E-state index in [9.17, 15) is 9.59 Å². The van der Waals surface area contributed by atoms with E-state index in [1.165, 1.54) is 0 Å². The number of hydrogen-bond acceptors (Lipinski definition) is 4. The van der Waals surface area contributed by atoms with E-state index < -0.39 is 0 Å². The van der Waals surface area contributed by atoms with E-state index >= 15 is 0 Å². The van der Waals surface area contributed by atoms with Gasteiger partial charge in [0.2, 0.25) is 6.79 Å². The Bertz CT molecular complexity index is 912. The molecule has 2 aliphatic heterocycles. The summed E-state index contributed by atoms with van der Waals surface area (Å²) in [5, 5.41) is 6.10. The van der Waals surface area contributed by atoms with E-state index in [1.54, 1.807) is 17.0 Å². The minimum absolute atomic E-state index is 0.0892. The molecule has 2 aliphatic rings. The van der Waals surface area contributed by atoms with Gasteiger partial charge in [0, 0.05) is 30.9 Å². The minimum Gasteiger partial charge on any atom is -0.454 e. The predicted molar refractivity (Wildman–Crippen MR) is 105 cm³/mol. The zero-order valence-corrected chi connectivity index (χ0v) is 15.9. The van der Waals surface area contributed by atoms with Crippen LogP contribution in [-0.2, 0) is 6.54 Å². The van der Waals surface area contributed by atoms with Crippen LogP contribution in [0.3, 0.4) is 0 Å². The van der Waals surface area contributed by atoms with Gasteiger partial charge in [0.05, 0.1) is 5.02 Å². The van der Waals surface area contributed by atoms with Gasteiger partial charge in [0.25, 0.3) is 5.91 Å². The molecule has 28 heavy (non-hydrogen) atoms. The van der Waals surface area contributed by atoms with Crippen LogP contribution < -0.4 is 20.1 Å². The maximum atomic E-state index is 12.5. The van der Waals surface area contributed by atoms with Gasteiger partial charge in [0.15, 0.2) is 11.5 Å². The van der Waals surface area contributed by atoms with Crippen molar-refractivity contribution in [1.82, 2.24) is 10.2 Å². The minimum atomic E-state index is -0.272. The van der Waals surface area contributed by atoms with E-state index in [1.807, 2.05) is 24.3 Å². The molecule has 4 rings (SSSR count). The molecule has 3 amide bonds. The molecule has 1 saturated heterocycles. The summed E-state index contributed by atoms with van der Waals surface area (Å²) in [6.45, 7) is 1.99. The number of halogens is 1. The number of fused-ring (bicyclic) bond motifs is 1. The van der Waals surface area contributed by atoms with Crippen LogP contribution in [0.15, 0.2) is 36.4 Å². The number of nitrogens with one attached hydrogen (secondary N) is 2. The predicted octanol–water partition coefficient (Wildman–Crippen LogP) is 3.63. The second kappa shape index (κ2) is 7.98. The summed E-state index contributed by atoms with van der Waals surface area (Å²) < 4.78 is 10.5. The van der Waals surface area contributed by atoms with Crippen molar-refractivity contribution in [2.75, 3.05) is 25.2 Å². The van der Waals surface area contributed by atoms with Crippen molar-refractivity contribution in [3.63, 3.8) is 0 Å². The number of carbonyl (C=O) groups is 2. The Balaban J connectivity index is 1.37. The Morgan fingerprint density at radius 1 is 1.11 bits per heavy atom. The van der Waals surface area contributed by atoms with Crippen molar-refractivity contribution >= 4 is 29.2 Å². The highest BCUT2D eigenvalue weighted by Gasteiger charge is 2.21. The van der Waals surface area contributed by atoms with Gasteiger partial charge in [-0.1, -0.05) is 23.7 Å². The van der Waals surface area contributed by atoms with Crippen LogP contribution in [0.25, 0.3) is 0 Å². The monoisotopic (exact) mass is 401 g/mol. The van der Waals surface area contributed by atoms with Gasteiger partial charge in [-0.15, -0.1) is 0 Å². The Morgan fingerprint density at radius 3 is 2.75 bits per heavy atom. The van der Waals surface area contributed by atoms with Crippen LogP contribution in [0, 0.1) is 0 Å². The molecular formula is C20H20ClN3O4. The molecule has 2 aromatic rings. The van der Waals surface area contributed by atoms with Gasteiger partial charge in [0.1, 0.15) is 0 Å². The number of benzene rings is 2. The number of anilines is 1. The molecule has 8 heteroatoms. The number of hydrogen-bond donors (Lipinski definition) is 2. The van der Waals surface area contributed by atoms with Crippen LogP contribution >= 0.6 is 11.6 Å². The zero-order chi connectivity index (χ0) is 19.5. The third-order valence-electron chi connectivity index (χ3n) is 4.71. The second-order valence-corrected chi connectivity index (χ2v) is 7.11. The number of likely N-dealkylation sites (tertiary alicyclic amines) is 1. The lowest BCUT2D eigenvalue weighted by Crippen LogP contribution is -2.32. The maximum absolute atomic E-state index is 12.5. The summed E-state index contributed by atoms with van der Waals surface area (Å²) in [6, 6.07) is 10.5. The molecule has 2 aromatic carbocycles. The molecule has 146 valence electrons. The number of urea groups is 1. The van der Waals surface area contributed by atoms with Crippen LogP contribution in [-0.4, -0.2) is 36.7 Å². The number of ether oxygens (including phenoxy) is 2. The van der Waals surface area contributed by atoms with Gasteiger partial charge in [-0.25, -0.2) is 4.79 Å². The molecule has 2 heterocycles. The highest BCUT2D eigenvalue weighted by molar-refractivity contribution is 6.32. The van der Waals surface area contributed by atoms with Gasteiger partial charge in [-0.2, -0.15) is 0 Å². The van der Waals surface area contributed by atoms with Crippen LogP contribution in [0.4, 0.5) is 10.5 Å². The summed E-state index contributed by atoms with van der Waals surface area (Å²) >= 11 is 6.13. The maximum Gasteiger partial charge on any atom is 0.321 e. The first-order valence-electron chi connectivity index (χ1n) is 9.12. The number of amides is 3. The quantitative estimate of drug-likeness (QED) is 0.819. The first kappa shape index (κ1) is 18.4. The van der Waals surface area contributed by atoms with Gasteiger partial charge in [-0.3, -0.25) is 4.79 Å². The molecule has 0 atom stereocenters. The van der Waals surface area contributed by atoms with Crippen molar-refractivity contribution < 1.29 is 19.1 Å². The fraction of sp³-hybridized carbons (Fsp3) is 0.300. The smallest absolute Gasteiger partial charge is 0.321 e. The number of nitrogens with zero attached hydrogens (tertiary/aromatic N) is 1. The summed E-state index contributed by atoms with van der Waals surface area (Å²) in [5.74, 6) is 0.649. The van der Waals surface area contributed by atoms with Gasteiger partial charge < -0.3 is 25.0 Å². The standard InChI is InChI=1S/C20H20ClN3O4/c21-16-9-14(10-17-18(16)28-12-27-17)19(25)22-11-13-4-3-5-15(8-13)23-20(26)24-6-1-2-7-24/h3-5,8-10H,1-2,6-7,11-12H2,(H,22,25)(H,23,26). The van der Waals surface area contributed by atoms with Crippen LogP contribution in [0.2, 0.25) is 5.02 Å². The van der Waals surface area contributed by atoms with Crippen molar-refractivity contribution in [3.05, 3.63) is 52.5 Å². The lowest BCUT2D eigenvalue weighted by Gasteiger charge is -2.16. The first-order valence-corrected chi connectivity index (χ1v) is 9.50. The molecule has 0 radical (unpaired) electrons. The largest absolute Gasteiger partial charge is 0.454 e. The van der Waals surface area contributed by atoms with Crippen LogP contribution in [0.5, 0.6) is 11.5 Å². The van der Waals surface area contributed by atoms with E-state index in [0.29, 0.717) is 34.3 Å². The highest BCUT2D eigenvalue weighted by atomic mass is 35.5. The molecule has 0 bridgehead atoms. The van der Waals surface area contributed by atoms with E-state index in [4.69, 9.17) is 21.1 Å². The molecule has 2 N–H and O–H groups in total. The molecule has 1 fully saturated rings. The Labute approximate surface area is 167 Å². The third-order valence-corrected chi connectivity index (χ3v) is 4.99. The fourth-order valence-electron chi connectivity index (χ4n) is 3.26. The normalized spacial score (nSPS) is 14.8. The van der Waals surface area contributed by atoms with E-state index in [2.05, 4.69) is 10.6 Å². The van der Waals surface area contributed by atoms with Crippen LogP contribution in [0.1, 0.15) is 28.8 Å². The third kappa shape index (κ3) is 3.99. The van der Waals surface area contributed by atoms with Crippen molar-refractivity contribution in [2.24, 2.45) is 0 Å². The van der Waals surface area contributed by atoms with Gasteiger partial charge >= 0.3 is 6.03 Å². The summed E-state index contributed by atoms with van der Waals surface area (Å²) in [4.78, 5) is 26.5. The fourth-order valence-corrected chi connectivity index (χ4v) is 3.53. The average molecular weight is 402 g/mol. The average Bonchev–Trinajstić information content (AvgIpc) is 3.38. The molecule has 0 aliphatic carbocycles. The Hall–Kier alpha value is -2.93. The summed E-state index contributed by atoms with van der Waals surface area (Å²) in [6.07, 6.45) is 2.09. The zero-order valence-electron chi connectivity index (χ0n) is 15.2. The Morgan fingerprint density at radius 2 is 1.93 bits per heavy atom. The molecule has 0 aromatic heterocycles. The van der Waals surface area contributed by atoms with E-state index in [-0.39, 0.29) is 18.7 Å². The first-order chi connectivity index (χ1) is 13.6. The summed E-state index contributed by atoms with van der Waals surface area (Å²) in [7, 11) is 0. The van der Waals surface area contributed by atoms with E-state index in [0.717, 1.165) is 31.5 Å². The van der Waals surface area contributed by atoms with Gasteiger partial charge in [-0.05, 0) is 42.7 Å². The molecule has 0 spiro atoms. The summed E-state index contributed by atoms with van der Waals surface area (Å²) in [5.41, 5.74) is 1.97. The van der Waals surface area contributed by atoms with Crippen molar-refractivity contribution in [1.29, 1.82) is 0 Å². The van der Waals surface area contributed by atoms with Crippen molar-refractivity contribution in [3.8, 4) is 11.5 Å². The van der Waals surface area contributed by atoms with Crippen molar-refractivity contribution in [2.45, 2.75) is 19.4 Å². The lowest BCUT2D eigenvalue weighted by molar-refractivity contribution is 0.0950. The molecule has 0 unspecified atom stereocenters. The number of carbonyl (C=O) groups excluding carboxylic acids is 2. The second-order valence-electron chi connectivity index (χ2n) is 6.70. The SMILES string of the molecule is O=C(NCc1cccc(NC(=O)N2CCCC2)c1)c1cc(Cl)c2c(c1)OCO2. The Kier molecular flexibility index (Phi) is 5.25. The topological polar surface area (TPSA) is 79.9 Å². The lowest BCUT2D eigenvalue weighted by atomic mass is 10.1. The molecule has 7 nitrogen and oxygen atoms in total. The highest BCUT2D eigenvalue weighted by Crippen LogP contribution is 2.39. The molecule has 0 saturated carbocycles. The number of rotatable bonds is 4. The molecular weight excluding hydrogens is 382 g/mol.